The summed E-state index contributed by atoms with van der Waals surface area (Å²) >= 11 is 0. The number of likely N-dealkylation sites (N-methyl/N-ethyl adjacent to an activating group) is 1. The summed E-state index contributed by atoms with van der Waals surface area (Å²) in [6.45, 7) is 7.24. The van der Waals surface area contributed by atoms with Gasteiger partial charge in [0.05, 0.1) is 0 Å². The highest BCUT2D eigenvalue weighted by Crippen LogP contribution is 2.21. The van der Waals surface area contributed by atoms with E-state index in [0.717, 1.165) is 6.04 Å². The van der Waals surface area contributed by atoms with Crippen molar-refractivity contribution >= 4 is 0 Å². The molecule has 15 heavy (non-hydrogen) atoms. The van der Waals surface area contributed by atoms with Crippen molar-refractivity contribution < 1.29 is 0 Å². The Balaban J connectivity index is 1.87. The molecule has 0 aromatic carbocycles. The van der Waals surface area contributed by atoms with E-state index < -0.39 is 0 Å². The Kier molecular flexibility index (Phi) is 3.65. The van der Waals surface area contributed by atoms with Gasteiger partial charge in [-0.05, 0) is 45.3 Å². The molecule has 2 rings (SSSR count). The number of hydrogen-bond acceptors (Lipinski definition) is 3. The average Bonchev–Trinajstić information content (AvgIpc) is 2.22. The minimum atomic E-state index is 0.433. The molecular weight excluding hydrogens is 186 g/mol. The van der Waals surface area contributed by atoms with Crippen molar-refractivity contribution in [2.24, 2.45) is 11.7 Å². The van der Waals surface area contributed by atoms with Gasteiger partial charge in [-0.2, -0.15) is 0 Å². The lowest BCUT2D eigenvalue weighted by atomic mass is 9.92. The zero-order chi connectivity index (χ0) is 10.8. The Morgan fingerprint density at radius 2 is 1.93 bits per heavy atom. The van der Waals surface area contributed by atoms with Crippen LogP contribution in [0.25, 0.3) is 0 Å². The zero-order valence-electron chi connectivity index (χ0n) is 10.2. The third kappa shape index (κ3) is 2.71. The van der Waals surface area contributed by atoms with Crippen molar-refractivity contribution in [1.29, 1.82) is 0 Å². The highest BCUT2D eigenvalue weighted by atomic mass is 15.2. The van der Waals surface area contributed by atoms with E-state index in [-0.39, 0.29) is 0 Å². The van der Waals surface area contributed by atoms with E-state index in [1.54, 1.807) is 0 Å². The number of nitrogens with two attached hydrogens (primary N) is 1. The van der Waals surface area contributed by atoms with Gasteiger partial charge >= 0.3 is 0 Å². The minimum Gasteiger partial charge on any atom is -0.327 e. The molecule has 2 saturated heterocycles. The molecule has 3 heteroatoms. The highest BCUT2D eigenvalue weighted by molar-refractivity contribution is 4.86. The van der Waals surface area contributed by atoms with Crippen LogP contribution in [0.3, 0.4) is 0 Å². The Hall–Kier alpha value is -0.120. The highest BCUT2D eigenvalue weighted by Gasteiger charge is 2.29. The zero-order valence-corrected chi connectivity index (χ0v) is 10.2. The fourth-order valence-corrected chi connectivity index (χ4v) is 2.96. The van der Waals surface area contributed by atoms with Gasteiger partial charge in [0, 0.05) is 25.2 Å². The van der Waals surface area contributed by atoms with Gasteiger partial charge in [0.1, 0.15) is 0 Å². The van der Waals surface area contributed by atoms with Gasteiger partial charge in [-0.15, -0.1) is 0 Å². The molecule has 3 atom stereocenters. The molecule has 2 aliphatic rings. The fourth-order valence-electron chi connectivity index (χ4n) is 2.96. The summed E-state index contributed by atoms with van der Waals surface area (Å²) in [5.41, 5.74) is 6.06. The van der Waals surface area contributed by atoms with Gasteiger partial charge in [-0.3, -0.25) is 4.90 Å². The third-order valence-electron chi connectivity index (χ3n) is 4.12. The van der Waals surface area contributed by atoms with Crippen molar-refractivity contribution in [3.05, 3.63) is 0 Å². The summed E-state index contributed by atoms with van der Waals surface area (Å²) in [5, 5.41) is 0. The van der Waals surface area contributed by atoms with Crippen LogP contribution >= 0.6 is 0 Å². The Morgan fingerprint density at radius 3 is 2.60 bits per heavy atom. The molecule has 2 aliphatic heterocycles. The molecule has 0 radical (unpaired) electrons. The molecule has 2 N–H and O–H groups in total. The second kappa shape index (κ2) is 4.81. The van der Waals surface area contributed by atoms with E-state index in [1.165, 1.54) is 45.4 Å². The standard InChI is InChI=1S/C12H25N3/c1-10-8-15(7-5-12(10)13)11-4-3-6-14(2)9-11/h10-12H,3-9,13H2,1-2H3. The molecule has 0 aromatic rings. The third-order valence-corrected chi connectivity index (χ3v) is 4.12. The van der Waals surface area contributed by atoms with Crippen LogP contribution in [0.1, 0.15) is 26.2 Å². The molecule has 0 bridgehead atoms. The molecule has 3 nitrogen and oxygen atoms in total. The van der Waals surface area contributed by atoms with Crippen LogP contribution < -0.4 is 5.73 Å². The molecular formula is C12H25N3. The summed E-state index contributed by atoms with van der Waals surface area (Å²) in [7, 11) is 2.24. The monoisotopic (exact) mass is 211 g/mol. The maximum absolute atomic E-state index is 6.06. The van der Waals surface area contributed by atoms with Crippen molar-refractivity contribution in [1.82, 2.24) is 9.80 Å². The van der Waals surface area contributed by atoms with Crippen molar-refractivity contribution in [3.8, 4) is 0 Å². The molecule has 0 aromatic heterocycles. The first-order valence-corrected chi connectivity index (χ1v) is 6.35. The predicted octanol–water partition coefficient (Wildman–Crippen LogP) is 0.750. The quantitative estimate of drug-likeness (QED) is 0.695. The van der Waals surface area contributed by atoms with Crippen LogP contribution in [0.5, 0.6) is 0 Å². The topological polar surface area (TPSA) is 32.5 Å². The molecule has 0 saturated carbocycles. The number of hydrogen-bond donors (Lipinski definition) is 1. The van der Waals surface area contributed by atoms with Gasteiger partial charge < -0.3 is 10.6 Å². The van der Waals surface area contributed by atoms with E-state index in [4.69, 9.17) is 5.73 Å². The minimum absolute atomic E-state index is 0.433. The SMILES string of the molecule is CC1CN(C2CCCN(C)C2)CCC1N. The van der Waals surface area contributed by atoms with Gasteiger partial charge in [0.25, 0.3) is 0 Å². The van der Waals surface area contributed by atoms with E-state index in [0.29, 0.717) is 12.0 Å². The number of likely N-dealkylation sites (tertiary alicyclic amines) is 2. The van der Waals surface area contributed by atoms with Gasteiger partial charge in [0.2, 0.25) is 0 Å². The van der Waals surface area contributed by atoms with Crippen LogP contribution in [0.4, 0.5) is 0 Å². The predicted molar refractivity (Wildman–Crippen MR) is 63.8 cm³/mol. The molecule has 2 heterocycles. The second-order valence-electron chi connectivity index (χ2n) is 5.48. The summed E-state index contributed by atoms with van der Waals surface area (Å²) in [6, 6.07) is 1.22. The number of rotatable bonds is 1. The smallest absolute Gasteiger partial charge is 0.0223 e. The van der Waals surface area contributed by atoms with Crippen LogP contribution in [-0.2, 0) is 0 Å². The van der Waals surface area contributed by atoms with E-state index >= 15 is 0 Å². The van der Waals surface area contributed by atoms with Crippen LogP contribution in [-0.4, -0.2) is 55.1 Å². The summed E-state index contributed by atoms with van der Waals surface area (Å²) in [5.74, 6) is 0.672. The van der Waals surface area contributed by atoms with Crippen LogP contribution in [0.2, 0.25) is 0 Å². The first kappa shape index (κ1) is 11.4. The normalized spacial score (nSPS) is 40.6. The van der Waals surface area contributed by atoms with E-state index in [1.807, 2.05) is 0 Å². The lowest BCUT2D eigenvalue weighted by molar-refractivity contribution is 0.0685. The van der Waals surface area contributed by atoms with Gasteiger partial charge in [-0.1, -0.05) is 6.92 Å². The summed E-state index contributed by atoms with van der Waals surface area (Å²) in [6.07, 6.45) is 3.92. The summed E-state index contributed by atoms with van der Waals surface area (Å²) < 4.78 is 0. The van der Waals surface area contributed by atoms with E-state index in [2.05, 4.69) is 23.8 Å². The summed E-state index contributed by atoms with van der Waals surface area (Å²) in [4.78, 5) is 5.14. The molecule has 2 fully saturated rings. The Morgan fingerprint density at radius 1 is 1.13 bits per heavy atom. The van der Waals surface area contributed by atoms with Crippen LogP contribution in [0, 0.1) is 5.92 Å². The Labute approximate surface area is 93.6 Å². The number of piperidine rings is 2. The number of nitrogens with zero attached hydrogens (tertiary/aromatic N) is 2. The van der Waals surface area contributed by atoms with Crippen LogP contribution in [0.15, 0.2) is 0 Å². The molecule has 0 amide bonds. The molecule has 0 aliphatic carbocycles. The second-order valence-corrected chi connectivity index (χ2v) is 5.48. The maximum Gasteiger partial charge on any atom is 0.0223 e. The van der Waals surface area contributed by atoms with Gasteiger partial charge in [-0.25, -0.2) is 0 Å². The van der Waals surface area contributed by atoms with Crippen molar-refractivity contribution in [2.75, 3.05) is 33.2 Å². The largest absolute Gasteiger partial charge is 0.327 e. The van der Waals surface area contributed by atoms with Gasteiger partial charge in [0.15, 0.2) is 0 Å². The first-order valence-electron chi connectivity index (χ1n) is 6.35. The lowest BCUT2D eigenvalue weighted by Crippen LogP contribution is -2.53. The molecule has 0 spiro atoms. The maximum atomic E-state index is 6.06. The Bertz CT molecular complexity index is 207. The molecule has 3 unspecified atom stereocenters. The van der Waals surface area contributed by atoms with Crippen molar-refractivity contribution in [3.63, 3.8) is 0 Å². The fraction of sp³-hybridized carbons (Fsp3) is 1.00. The molecule has 88 valence electrons. The first-order chi connectivity index (χ1) is 7.16. The average molecular weight is 211 g/mol. The van der Waals surface area contributed by atoms with Crippen molar-refractivity contribution in [2.45, 2.75) is 38.3 Å². The lowest BCUT2D eigenvalue weighted by Gasteiger charge is -2.43. The van der Waals surface area contributed by atoms with E-state index in [9.17, 15) is 0 Å².